The summed E-state index contributed by atoms with van der Waals surface area (Å²) in [5.74, 6) is 1.98. The van der Waals surface area contributed by atoms with Crippen LogP contribution >= 0.6 is 12.2 Å². The van der Waals surface area contributed by atoms with Gasteiger partial charge < -0.3 is 5.32 Å². The molecule has 2 fully saturated rings. The van der Waals surface area contributed by atoms with Gasteiger partial charge in [0.1, 0.15) is 0 Å². The van der Waals surface area contributed by atoms with E-state index in [9.17, 15) is 0 Å². The van der Waals surface area contributed by atoms with Crippen LogP contribution in [-0.2, 0) is 0 Å². The maximum atomic E-state index is 5.41. The van der Waals surface area contributed by atoms with Crippen LogP contribution < -0.4 is 5.32 Å². The molecule has 0 radical (unpaired) electrons. The molecule has 1 spiro atoms. The third kappa shape index (κ3) is 1.30. The fourth-order valence-electron chi connectivity index (χ4n) is 4.39. The monoisotopic (exact) mass is 255 g/mol. The van der Waals surface area contributed by atoms with Crippen molar-refractivity contribution in [3.8, 4) is 0 Å². The summed E-state index contributed by atoms with van der Waals surface area (Å²) in [6.45, 7) is 0. The quantitative estimate of drug-likeness (QED) is 0.609. The summed E-state index contributed by atoms with van der Waals surface area (Å²) in [5, 5.41) is 3.69. The maximum absolute atomic E-state index is 5.41. The van der Waals surface area contributed by atoms with Crippen LogP contribution in [0.25, 0.3) is 0 Å². The molecule has 1 aliphatic heterocycles. The van der Waals surface area contributed by atoms with E-state index >= 15 is 0 Å². The van der Waals surface area contributed by atoms with Crippen molar-refractivity contribution in [2.24, 2.45) is 11.8 Å². The van der Waals surface area contributed by atoms with E-state index in [4.69, 9.17) is 12.2 Å². The van der Waals surface area contributed by atoms with Gasteiger partial charge in [0, 0.05) is 11.8 Å². The minimum atomic E-state index is 0.220. The number of benzene rings is 1. The van der Waals surface area contributed by atoms with E-state index in [2.05, 4.69) is 47.8 Å². The number of rotatable bonds is 1. The Labute approximate surface area is 113 Å². The van der Waals surface area contributed by atoms with Gasteiger partial charge in [-0.2, -0.15) is 0 Å². The summed E-state index contributed by atoms with van der Waals surface area (Å²) < 4.78 is 0. The van der Waals surface area contributed by atoms with E-state index in [0.717, 1.165) is 11.4 Å². The van der Waals surface area contributed by atoms with E-state index in [1.165, 1.54) is 18.4 Å². The van der Waals surface area contributed by atoms with E-state index in [1.54, 1.807) is 0 Å². The molecule has 1 aromatic rings. The Morgan fingerprint density at radius 2 is 2.00 bits per heavy atom. The molecule has 4 atom stereocenters. The summed E-state index contributed by atoms with van der Waals surface area (Å²) in [6.07, 6.45) is 8.42. The van der Waals surface area contributed by atoms with Gasteiger partial charge in [0.05, 0.1) is 10.5 Å². The lowest BCUT2D eigenvalue weighted by Crippen LogP contribution is -2.49. The zero-order valence-corrected chi connectivity index (χ0v) is 11.1. The van der Waals surface area contributed by atoms with Gasteiger partial charge in [0.15, 0.2) is 0 Å². The molecular weight excluding hydrogens is 238 g/mol. The predicted octanol–water partition coefficient (Wildman–Crippen LogP) is 3.43. The van der Waals surface area contributed by atoms with Crippen molar-refractivity contribution in [3.63, 3.8) is 0 Å². The molecule has 1 saturated carbocycles. The largest absolute Gasteiger partial charge is 0.373 e. The molecule has 3 aliphatic rings. The summed E-state index contributed by atoms with van der Waals surface area (Å²) >= 11 is 5.41. The minimum Gasteiger partial charge on any atom is -0.373 e. The van der Waals surface area contributed by atoms with Crippen LogP contribution in [0.3, 0.4) is 0 Å². The van der Waals surface area contributed by atoms with Crippen LogP contribution in [0.15, 0.2) is 42.5 Å². The van der Waals surface area contributed by atoms with Gasteiger partial charge in [-0.1, -0.05) is 54.7 Å². The predicted molar refractivity (Wildman–Crippen MR) is 77.6 cm³/mol. The topological polar surface area (TPSA) is 12.0 Å². The summed E-state index contributed by atoms with van der Waals surface area (Å²) in [7, 11) is 0. The van der Waals surface area contributed by atoms with Crippen molar-refractivity contribution in [1.29, 1.82) is 0 Å². The highest BCUT2D eigenvalue weighted by atomic mass is 32.1. The lowest BCUT2D eigenvalue weighted by molar-refractivity contribution is 0.288. The molecule has 92 valence electrons. The number of hydrogen-bond acceptors (Lipinski definition) is 1. The van der Waals surface area contributed by atoms with E-state index < -0.39 is 0 Å². The Balaban J connectivity index is 1.81. The van der Waals surface area contributed by atoms with Gasteiger partial charge in [-0.3, -0.25) is 0 Å². The fourth-order valence-corrected chi connectivity index (χ4v) is 4.68. The van der Waals surface area contributed by atoms with Gasteiger partial charge in [0.25, 0.3) is 0 Å². The van der Waals surface area contributed by atoms with Crippen molar-refractivity contribution in [1.82, 2.24) is 5.32 Å². The van der Waals surface area contributed by atoms with Crippen LogP contribution in [0.1, 0.15) is 30.7 Å². The van der Waals surface area contributed by atoms with Gasteiger partial charge >= 0.3 is 0 Å². The molecule has 2 bridgehead atoms. The minimum absolute atomic E-state index is 0.220. The molecule has 1 N–H and O–H groups in total. The number of thiocarbonyl (C=S) groups is 1. The molecule has 4 unspecified atom stereocenters. The molecular formula is C16H17NS. The normalized spacial score (nSPS) is 40.7. The molecule has 2 aliphatic carbocycles. The maximum Gasteiger partial charge on any atom is 0.0758 e. The van der Waals surface area contributed by atoms with Gasteiger partial charge in [-0.15, -0.1) is 0 Å². The standard InChI is InChI=1S/C16H17NS/c18-14-8-9-16(17-14)13-7-6-12(10-13)15(16)11-4-2-1-3-5-11/h1-7,12-13,15H,8-10H2,(H,17,18). The first-order valence-corrected chi connectivity index (χ1v) is 7.25. The van der Waals surface area contributed by atoms with Gasteiger partial charge in [-0.05, 0) is 30.7 Å². The molecule has 0 amide bonds. The molecule has 4 rings (SSSR count). The zero-order valence-electron chi connectivity index (χ0n) is 10.3. The molecule has 2 heteroatoms. The molecule has 0 aromatic heterocycles. The van der Waals surface area contributed by atoms with Gasteiger partial charge in [-0.25, -0.2) is 0 Å². The SMILES string of the molecule is S=C1CCC2(N1)C1C=CC(C1)C2c1ccccc1. The summed E-state index contributed by atoms with van der Waals surface area (Å²) in [4.78, 5) is 1.07. The van der Waals surface area contributed by atoms with Crippen molar-refractivity contribution in [2.75, 3.05) is 0 Å². The van der Waals surface area contributed by atoms with Crippen molar-refractivity contribution in [2.45, 2.75) is 30.7 Å². The van der Waals surface area contributed by atoms with Crippen molar-refractivity contribution in [3.05, 3.63) is 48.0 Å². The van der Waals surface area contributed by atoms with Crippen LogP contribution in [0.5, 0.6) is 0 Å². The Bertz CT molecular complexity index is 521. The lowest BCUT2D eigenvalue weighted by atomic mass is 9.71. The highest BCUT2D eigenvalue weighted by molar-refractivity contribution is 7.80. The summed E-state index contributed by atoms with van der Waals surface area (Å²) in [5.41, 5.74) is 1.70. The van der Waals surface area contributed by atoms with Crippen molar-refractivity contribution >= 4 is 17.2 Å². The molecule has 1 saturated heterocycles. The lowest BCUT2D eigenvalue weighted by Gasteiger charge is -2.39. The number of nitrogens with one attached hydrogen (secondary N) is 1. The molecule has 1 aromatic carbocycles. The molecule has 1 nitrogen and oxygen atoms in total. The Kier molecular flexibility index (Phi) is 2.19. The third-order valence-corrected chi connectivity index (χ3v) is 5.36. The van der Waals surface area contributed by atoms with E-state index in [0.29, 0.717) is 17.8 Å². The smallest absolute Gasteiger partial charge is 0.0758 e. The Morgan fingerprint density at radius 1 is 1.17 bits per heavy atom. The number of hydrogen-bond donors (Lipinski definition) is 1. The van der Waals surface area contributed by atoms with Gasteiger partial charge in [0.2, 0.25) is 0 Å². The van der Waals surface area contributed by atoms with Crippen molar-refractivity contribution < 1.29 is 0 Å². The van der Waals surface area contributed by atoms with Crippen LogP contribution in [0.4, 0.5) is 0 Å². The first-order chi connectivity index (χ1) is 8.79. The second-order valence-electron chi connectivity index (χ2n) is 5.87. The summed E-state index contributed by atoms with van der Waals surface area (Å²) in [6, 6.07) is 11.0. The fraction of sp³-hybridized carbons (Fsp3) is 0.438. The van der Waals surface area contributed by atoms with E-state index in [-0.39, 0.29) is 5.54 Å². The van der Waals surface area contributed by atoms with E-state index in [1.807, 2.05) is 0 Å². The Hall–Kier alpha value is -1.15. The van der Waals surface area contributed by atoms with Crippen LogP contribution in [-0.4, -0.2) is 10.5 Å². The average molecular weight is 255 g/mol. The number of fused-ring (bicyclic) bond motifs is 3. The first kappa shape index (κ1) is 10.7. The van der Waals surface area contributed by atoms with Crippen LogP contribution in [0, 0.1) is 11.8 Å². The highest BCUT2D eigenvalue weighted by Gasteiger charge is 2.58. The average Bonchev–Trinajstić information content (AvgIpc) is 3.06. The highest BCUT2D eigenvalue weighted by Crippen LogP contribution is 2.58. The molecule has 18 heavy (non-hydrogen) atoms. The first-order valence-electron chi connectivity index (χ1n) is 6.84. The zero-order chi connectivity index (χ0) is 12.2. The second kappa shape index (κ2) is 3.67. The molecule has 1 heterocycles. The number of allylic oxidation sites excluding steroid dienone is 1. The van der Waals surface area contributed by atoms with Crippen LogP contribution in [0.2, 0.25) is 0 Å². The Morgan fingerprint density at radius 3 is 2.72 bits per heavy atom. The third-order valence-electron chi connectivity index (χ3n) is 5.06. The second-order valence-corrected chi connectivity index (χ2v) is 6.36.